The monoisotopic (exact) mass is 542 g/mol. The molecule has 2 heterocycles. The normalized spacial score (nSPS) is 20.9. The van der Waals surface area contributed by atoms with Crippen molar-refractivity contribution in [2.75, 3.05) is 13.7 Å². The van der Waals surface area contributed by atoms with Gasteiger partial charge in [0.1, 0.15) is 5.60 Å². The molecular weight excluding hydrogens is 511 g/mol. The number of aromatic nitrogens is 1. The Hall–Kier alpha value is -2.80. The summed E-state index contributed by atoms with van der Waals surface area (Å²) in [6, 6.07) is 14.4. The minimum atomic E-state index is -1.26. The zero-order chi connectivity index (χ0) is 27.0. The van der Waals surface area contributed by atoms with E-state index in [2.05, 4.69) is 6.58 Å². The number of ether oxygens (including phenoxy) is 2. The lowest BCUT2D eigenvalue weighted by atomic mass is 9.70. The van der Waals surface area contributed by atoms with Crippen molar-refractivity contribution in [3.05, 3.63) is 82.4 Å². The van der Waals surface area contributed by atoms with E-state index >= 15 is 0 Å². The summed E-state index contributed by atoms with van der Waals surface area (Å²) < 4.78 is 11.3. The number of aliphatic hydroxyl groups is 1. The van der Waals surface area contributed by atoms with E-state index in [1.54, 1.807) is 36.3 Å². The van der Waals surface area contributed by atoms with Crippen LogP contribution in [0.4, 0.5) is 4.79 Å². The number of fused-ring (bicyclic) bond motifs is 1. The quantitative estimate of drug-likeness (QED) is 0.351. The zero-order valence-electron chi connectivity index (χ0n) is 21.5. The number of likely N-dealkylation sites (tertiary alicyclic amines) is 1. The van der Waals surface area contributed by atoms with Gasteiger partial charge in [-0.25, -0.2) is 9.78 Å². The number of hydrogen-bond acceptors (Lipinski definition) is 5. The first-order valence-electron chi connectivity index (χ1n) is 12.2. The number of amides is 1. The molecule has 3 unspecified atom stereocenters. The van der Waals surface area contributed by atoms with Crippen molar-refractivity contribution >= 4 is 40.2 Å². The summed E-state index contributed by atoms with van der Waals surface area (Å²) in [4.78, 5) is 19.3. The molecule has 0 bridgehead atoms. The fourth-order valence-corrected chi connectivity index (χ4v) is 5.33. The molecule has 0 radical (unpaired) electrons. The van der Waals surface area contributed by atoms with Crippen molar-refractivity contribution in [3.8, 4) is 5.88 Å². The van der Waals surface area contributed by atoms with Crippen LogP contribution in [0.2, 0.25) is 10.0 Å². The van der Waals surface area contributed by atoms with E-state index in [-0.39, 0.29) is 6.42 Å². The molecule has 37 heavy (non-hydrogen) atoms. The summed E-state index contributed by atoms with van der Waals surface area (Å²) in [7, 11) is 1.56. The molecule has 3 atom stereocenters. The maximum Gasteiger partial charge on any atom is 0.410 e. The average Bonchev–Trinajstić information content (AvgIpc) is 2.83. The summed E-state index contributed by atoms with van der Waals surface area (Å²) in [5, 5.41) is 14.3. The Bertz CT molecular complexity index is 1310. The summed E-state index contributed by atoms with van der Waals surface area (Å²) in [6.07, 6.45) is 1.81. The molecule has 0 aliphatic carbocycles. The van der Waals surface area contributed by atoms with Gasteiger partial charge in [-0.05, 0) is 69.2 Å². The van der Waals surface area contributed by atoms with E-state index < -0.39 is 29.3 Å². The second-order valence-corrected chi connectivity index (χ2v) is 11.3. The number of nitrogens with zero attached hydrogens (tertiary/aromatic N) is 2. The van der Waals surface area contributed by atoms with Gasteiger partial charge in [0, 0.05) is 39.9 Å². The van der Waals surface area contributed by atoms with Crippen molar-refractivity contribution in [3.63, 3.8) is 0 Å². The van der Waals surface area contributed by atoms with Gasteiger partial charge in [0.05, 0.1) is 24.3 Å². The number of benzene rings is 2. The smallest absolute Gasteiger partial charge is 0.410 e. The van der Waals surface area contributed by atoms with Crippen molar-refractivity contribution < 1.29 is 19.4 Å². The highest BCUT2D eigenvalue weighted by Gasteiger charge is 2.47. The molecule has 1 N–H and O–H groups in total. The van der Waals surface area contributed by atoms with Gasteiger partial charge in [-0.15, -0.1) is 6.58 Å². The third-order valence-electron chi connectivity index (χ3n) is 6.66. The summed E-state index contributed by atoms with van der Waals surface area (Å²) >= 11 is 12.5. The first-order valence-corrected chi connectivity index (χ1v) is 12.9. The fourth-order valence-electron chi connectivity index (χ4n) is 5.03. The highest BCUT2D eigenvalue weighted by atomic mass is 35.5. The Morgan fingerprint density at radius 1 is 1.19 bits per heavy atom. The second kappa shape index (κ2) is 10.5. The van der Waals surface area contributed by atoms with Gasteiger partial charge in [0.25, 0.3) is 0 Å². The van der Waals surface area contributed by atoms with E-state index in [4.69, 9.17) is 37.7 Å². The van der Waals surface area contributed by atoms with Gasteiger partial charge >= 0.3 is 6.09 Å². The molecule has 1 aliphatic rings. The van der Waals surface area contributed by atoms with Gasteiger partial charge < -0.3 is 19.5 Å². The molecule has 1 aliphatic heterocycles. The molecule has 6 nitrogen and oxygen atoms in total. The van der Waals surface area contributed by atoms with Crippen LogP contribution in [0.15, 0.2) is 61.2 Å². The van der Waals surface area contributed by atoms with Crippen molar-refractivity contribution in [2.24, 2.45) is 0 Å². The molecule has 1 fully saturated rings. The Balaban J connectivity index is 1.82. The van der Waals surface area contributed by atoms with Gasteiger partial charge in [0.15, 0.2) is 0 Å². The summed E-state index contributed by atoms with van der Waals surface area (Å²) in [5.74, 6) is -0.119. The standard InChI is InChI=1S/C29H32Cl2N2O4/c1-6-22-17-29(35,13-14-33(22)27(34)37-28(2,3)4)25(18-7-9-20(30)10-8-18)23-16-19-15-21(31)11-12-24(19)32-26(23)36-5/h6-12,15-16,22,25,35H,1,13-14,17H2,2-5H3. The molecular formula is C29H32Cl2N2O4. The maximum atomic E-state index is 12.9. The topological polar surface area (TPSA) is 71.9 Å². The van der Waals surface area contributed by atoms with Gasteiger partial charge in [-0.2, -0.15) is 0 Å². The number of piperidine rings is 1. The largest absolute Gasteiger partial charge is 0.481 e. The SMILES string of the molecule is C=CC1CC(O)(C(c2ccc(Cl)cc2)c2cc3cc(Cl)ccc3nc2OC)CCN1C(=O)OC(C)(C)C. The number of pyridine rings is 1. The lowest BCUT2D eigenvalue weighted by Gasteiger charge is -2.47. The van der Waals surface area contributed by atoms with Gasteiger partial charge in [-0.3, -0.25) is 0 Å². The fraction of sp³-hybridized carbons (Fsp3) is 0.379. The lowest BCUT2D eigenvalue weighted by molar-refractivity contribution is -0.0546. The number of rotatable bonds is 5. The minimum Gasteiger partial charge on any atom is -0.481 e. The Labute approximate surface area is 227 Å². The Morgan fingerprint density at radius 2 is 1.86 bits per heavy atom. The first-order chi connectivity index (χ1) is 17.4. The number of halogens is 2. The van der Waals surface area contributed by atoms with Gasteiger partial charge in [0.2, 0.25) is 5.88 Å². The van der Waals surface area contributed by atoms with Crippen LogP contribution in [-0.4, -0.2) is 52.0 Å². The number of hydrogen-bond donors (Lipinski definition) is 1. The lowest BCUT2D eigenvalue weighted by Crippen LogP contribution is -2.55. The minimum absolute atomic E-state index is 0.250. The van der Waals surface area contributed by atoms with Crippen LogP contribution in [-0.2, 0) is 4.74 Å². The van der Waals surface area contributed by atoms with Crippen LogP contribution in [0, 0.1) is 0 Å². The molecule has 1 saturated heterocycles. The number of methoxy groups -OCH3 is 1. The molecule has 1 amide bonds. The molecule has 3 aromatic rings. The molecule has 2 aromatic carbocycles. The molecule has 196 valence electrons. The van der Waals surface area contributed by atoms with Crippen LogP contribution < -0.4 is 4.74 Å². The maximum absolute atomic E-state index is 12.9. The van der Waals surface area contributed by atoms with Crippen LogP contribution in [0.1, 0.15) is 50.7 Å². The van der Waals surface area contributed by atoms with E-state index in [9.17, 15) is 9.90 Å². The van der Waals surface area contributed by atoms with E-state index in [1.807, 2.05) is 51.1 Å². The summed E-state index contributed by atoms with van der Waals surface area (Å²) in [5.41, 5.74) is 0.410. The molecule has 0 saturated carbocycles. The molecule has 1 aromatic heterocycles. The van der Waals surface area contributed by atoms with Crippen LogP contribution >= 0.6 is 23.2 Å². The third kappa shape index (κ3) is 5.87. The van der Waals surface area contributed by atoms with Crippen LogP contribution in [0.3, 0.4) is 0 Å². The predicted octanol–water partition coefficient (Wildman–Crippen LogP) is 7.00. The molecule has 4 rings (SSSR count). The Kier molecular flexibility index (Phi) is 7.75. The van der Waals surface area contributed by atoms with Crippen molar-refractivity contribution in [1.82, 2.24) is 9.88 Å². The van der Waals surface area contributed by atoms with E-state index in [0.29, 0.717) is 28.9 Å². The number of carbonyl (C=O) groups is 1. The van der Waals surface area contributed by atoms with Crippen molar-refractivity contribution in [2.45, 2.75) is 56.8 Å². The molecule has 8 heteroatoms. The van der Waals surface area contributed by atoms with E-state index in [0.717, 1.165) is 22.0 Å². The average molecular weight is 543 g/mol. The second-order valence-electron chi connectivity index (χ2n) is 10.4. The highest BCUT2D eigenvalue weighted by Crippen LogP contribution is 2.46. The third-order valence-corrected chi connectivity index (χ3v) is 7.15. The van der Waals surface area contributed by atoms with Crippen molar-refractivity contribution in [1.29, 1.82) is 0 Å². The van der Waals surface area contributed by atoms with E-state index in [1.165, 1.54) is 0 Å². The van der Waals surface area contributed by atoms with Crippen LogP contribution in [0.25, 0.3) is 10.9 Å². The highest BCUT2D eigenvalue weighted by molar-refractivity contribution is 6.31. The Morgan fingerprint density at radius 3 is 2.49 bits per heavy atom. The van der Waals surface area contributed by atoms with Crippen LogP contribution in [0.5, 0.6) is 5.88 Å². The van der Waals surface area contributed by atoms with Gasteiger partial charge in [-0.1, -0.05) is 41.4 Å². The number of carbonyl (C=O) groups excluding carboxylic acids is 1. The molecule has 0 spiro atoms. The summed E-state index contributed by atoms with van der Waals surface area (Å²) in [6.45, 7) is 9.73. The first kappa shape index (κ1) is 27.2. The predicted molar refractivity (Wildman–Crippen MR) is 148 cm³/mol. The zero-order valence-corrected chi connectivity index (χ0v) is 23.0.